The minimum Gasteiger partial charge on any atom is -0.497 e. The first-order chi connectivity index (χ1) is 13.2. The number of anilines is 1. The number of carbonyl (C=O) groups excluding carboxylic acids is 2. The quantitative estimate of drug-likeness (QED) is 0.600. The fourth-order valence-corrected chi connectivity index (χ4v) is 2.60. The van der Waals surface area contributed by atoms with Crippen LogP contribution in [0.2, 0.25) is 0 Å². The predicted octanol–water partition coefficient (Wildman–Crippen LogP) is 4.59. The molecule has 0 spiro atoms. The Hall–Kier alpha value is -2.58. The lowest BCUT2D eigenvalue weighted by atomic mass is 10.0. The molecule has 0 atom stereocenters. The molecule has 9 heteroatoms. The highest BCUT2D eigenvalue weighted by Gasteiger charge is 2.31. The van der Waals surface area contributed by atoms with E-state index in [0.717, 1.165) is 12.1 Å². The fourth-order valence-electron chi connectivity index (χ4n) is 2.60. The monoisotopic (exact) mass is 430 g/mol. The smallest absolute Gasteiger partial charge is 0.416 e. The third kappa shape index (κ3) is 7.40. The summed E-state index contributed by atoms with van der Waals surface area (Å²) < 4.78 is 43.8. The Bertz CT molecular complexity index is 840. The van der Waals surface area contributed by atoms with E-state index in [-0.39, 0.29) is 55.2 Å². The second kappa shape index (κ2) is 10.8. The molecule has 5 nitrogen and oxygen atoms in total. The summed E-state index contributed by atoms with van der Waals surface area (Å²) in [7, 11) is 1.52. The lowest BCUT2D eigenvalue weighted by Crippen LogP contribution is -2.14. The number of alkyl halides is 3. The number of methoxy groups -OCH3 is 1. The van der Waals surface area contributed by atoms with Crippen molar-refractivity contribution in [2.75, 3.05) is 12.4 Å². The molecule has 2 aromatic carbocycles. The number of amides is 1. The topological polar surface area (TPSA) is 81.4 Å². The minimum absolute atomic E-state index is 0. The van der Waals surface area contributed by atoms with Gasteiger partial charge in [0.15, 0.2) is 5.78 Å². The van der Waals surface area contributed by atoms with Crippen molar-refractivity contribution in [1.29, 1.82) is 0 Å². The number of hydrogen-bond donors (Lipinski definition) is 2. The molecule has 3 N–H and O–H groups in total. The van der Waals surface area contributed by atoms with Gasteiger partial charge in [0.2, 0.25) is 5.91 Å². The van der Waals surface area contributed by atoms with Crippen molar-refractivity contribution in [3.63, 3.8) is 0 Å². The van der Waals surface area contributed by atoms with Crippen LogP contribution in [0.1, 0.15) is 40.7 Å². The number of benzene rings is 2. The van der Waals surface area contributed by atoms with Gasteiger partial charge in [0.05, 0.1) is 12.7 Å². The first-order valence-electron chi connectivity index (χ1n) is 8.61. The average molecular weight is 431 g/mol. The lowest BCUT2D eigenvalue weighted by molar-refractivity contribution is -0.137. The predicted molar refractivity (Wildman–Crippen MR) is 106 cm³/mol. The molecule has 0 bridgehead atoms. The van der Waals surface area contributed by atoms with Crippen LogP contribution in [0.5, 0.6) is 5.75 Å². The number of hydrogen-bond acceptors (Lipinski definition) is 4. The molecule has 0 heterocycles. The Morgan fingerprint density at radius 2 is 1.72 bits per heavy atom. The van der Waals surface area contributed by atoms with Crippen molar-refractivity contribution in [2.45, 2.75) is 32.0 Å². The second-order valence-electron chi connectivity index (χ2n) is 6.17. The molecular formula is C20H22ClF3N2O3. The summed E-state index contributed by atoms with van der Waals surface area (Å²) in [4.78, 5) is 24.1. The Morgan fingerprint density at radius 3 is 2.28 bits per heavy atom. The van der Waals surface area contributed by atoms with Gasteiger partial charge in [-0.3, -0.25) is 9.59 Å². The van der Waals surface area contributed by atoms with E-state index in [9.17, 15) is 22.8 Å². The van der Waals surface area contributed by atoms with Crippen molar-refractivity contribution in [1.82, 2.24) is 0 Å². The van der Waals surface area contributed by atoms with Gasteiger partial charge in [0, 0.05) is 30.6 Å². The molecule has 0 radical (unpaired) electrons. The van der Waals surface area contributed by atoms with Crippen molar-refractivity contribution in [3.8, 4) is 5.75 Å². The third-order valence-corrected chi connectivity index (χ3v) is 4.06. The molecule has 29 heavy (non-hydrogen) atoms. The van der Waals surface area contributed by atoms with Gasteiger partial charge in [-0.25, -0.2) is 0 Å². The first-order valence-corrected chi connectivity index (χ1v) is 8.61. The molecule has 0 saturated heterocycles. The molecule has 2 rings (SSSR count). The van der Waals surface area contributed by atoms with Crippen molar-refractivity contribution < 1.29 is 27.5 Å². The van der Waals surface area contributed by atoms with Crippen molar-refractivity contribution in [3.05, 3.63) is 59.2 Å². The van der Waals surface area contributed by atoms with Gasteiger partial charge in [-0.05, 0) is 54.4 Å². The second-order valence-corrected chi connectivity index (χ2v) is 6.17. The molecule has 2 aromatic rings. The Balaban J connectivity index is 0.00000420. The van der Waals surface area contributed by atoms with Gasteiger partial charge >= 0.3 is 6.18 Å². The maximum atomic E-state index is 12.9. The Morgan fingerprint density at radius 1 is 1.07 bits per heavy atom. The molecule has 0 aromatic heterocycles. The van der Waals surface area contributed by atoms with E-state index in [2.05, 4.69) is 5.32 Å². The SMILES string of the molecule is COc1ccc(C(=O)CCCC(=O)Nc2cc(CN)cc(C(F)(F)F)c2)cc1.Cl. The largest absolute Gasteiger partial charge is 0.497 e. The number of ether oxygens (including phenoxy) is 1. The molecule has 0 aliphatic rings. The van der Waals surface area contributed by atoms with Crippen LogP contribution in [-0.4, -0.2) is 18.8 Å². The summed E-state index contributed by atoms with van der Waals surface area (Å²) in [6.07, 6.45) is -4.10. The molecule has 0 aliphatic carbocycles. The average Bonchev–Trinajstić information content (AvgIpc) is 2.66. The number of ketones is 1. The normalized spacial score (nSPS) is 10.8. The van der Waals surface area contributed by atoms with Gasteiger partial charge in [0.1, 0.15) is 5.75 Å². The number of Topliss-reactive ketones (excluding diaryl/α,β-unsaturated/α-hetero) is 1. The zero-order valence-corrected chi connectivity index (χ0v) is 16.5. The van der Waals surface area contributed by atoms with Crippen LogP contribution in [0.3, 0.4) is 0 Å². The van der Waals surface area contributed by atoms with Gasteiger partial charge in [-0.2, -0.15) is 13.2 Å². The van der Waals surface area contributed by atoms with Crippen molar-refractivity contribution >= 4 is 29.8 Å². The molecule has 0 unspecified atom stereocenters. The summed E-state index contributed by atoms with van der Waals surface area (Å²) in [5, 5.41) is 2.44. The zero-order chi connectivity index (χ0) is 20.7. The van der Waals surface area contributed by atoms with Gasteiger partial charge in [0.25, 0.3) is 0 Å². The molecule has 0 fully saturated rings. The van der Waals surface area contributed by atoms with E-state index in [1.807, 2.05) is 0 Å². The van der Waals surface area contributed by atoms with E-state index < -0.39 is 17.6 Å². The highest BCUT2D eigenvalue weighted by atomic mass is 35.5. The fraction of sp³-hybridized carbons (Fsp3) is 0.300. The summed E-state index contributed by atoms with van der Waals surface area (Å²) in [6, 6.07) is 9.82. The summed E-state index contributed by atoms with van der Waals surface area (Å²) in [5.41, 5.74) is 5.35. The Kier molecular flexibility index (Phi) is 9.13. The molecule has 0 saturated carbocycles. The van der Waals surface area contributed by atoms with E-state index in [1.54, 1.807) is 24.3 Å². The number of rotatable bonds is 8. The third-order valence-electron chi connectivity index (χ3n) is 4.06. The van der Waals surface area contributed by atoms with Crippen LogP contribution < -0.4 is 15.8 Å². The number of carbonyl (C=O) groups is 2. The van der Waals surface area contributed by atoms with Crippen LogP contribution >= 0.6 is 12.4 Å². The number of nitrogens with one attached hydrogen (secondary N) is 1. The zero-order valence-electron chi connectivity index (χ0n) is 15.7. The molecule has 0 aliphatic heterocycles. The van der Waals surface area contributed by atoms with E-state index >= 15 is 0 Å². The first kappa shape index (κ1) is 24.5. The summed E-state index contributed by atoms with van der Waals surface area (Å²) in [5.74, 6) is 0.0404. The number of nitrogens with two attached hydrogens (primary N) is 1. The molecule has 158 valence electrons. The molecular weight excluding hydrogens is 409 g/mol. The number of halogens is 4. The Labute approximate surface area is 172 Å². The van der Waals surface area contributed by atoms with Crippen LogP contribution in [0.4, 0.5) is 18.9 Å². The maximum Gasteiger partial charge on any atom is 0.416 e. The van der Waals surface area contributed by atoms with E-state index in [1.165, 1.54) is 13.2 Å². The highest BCUT2D eigenvalue weighted by Crippen LogP contribution is 2.32. The minimum atomic E-state index is -4.53. The van der Waals surface area contributed by atoms with Gasteiger partial charge < -0.3 is 15.8 Å². The van der Waals surface area contributed by atoms with Gasteiger partial charge in [-0.1, -0.05) is 0 Å². The van der Waals surface area contributed by atoms with Gasteiger partial charge in [-0.15, -0.1) is 12.4 Å². The van der Waals surface area contributed by atoms with Crippen LogP contribution in [0, 0.1) is 0 Å². The van der Waals surface area contributed by atoms with E-state index in [0.29, 0.717) is 11.3 Å². The van der Waals surface area contributed by atoms with Crippen LogP contribution in [-0.2, 0) is 17.5 Å². The highest BCUT2D eigenvalue weighted by molar-refractivity contribution is 5.97. The standard InChI is InChI=1S/C20H21F3N2O3.ClH/c1-28-17-7-5-14(6-8-17)18(26)3-2-4-19(27)25-16-10-13(12-24)9-15(11-16)20(21,22)23;/h5-11H,2-4,12,24H2,1H3,(H,25,27);1H. The van der Waals surface area contributed by atoms with Crippen LogP contribution in [0.25, 0.3) is 0 Å². The molecule has 1 amide bonds. The maximum absolute atomic E-state index is 12.9. The van der Waals surface area contributed by atoms with E-state index in [4.69, 9.17) is 10.5 Å². The van der Waals surface area contributed by atoms with Crippen molar-refractivity contribution in [2.24, 2.45) is 5.73 Å². The summed E-state index contributed by atoms with van der Waals surface area (Å²) in [6.45, 7) is -0.0802. The summed E-state index contributed by atoms with van der Waals surface area (Å²) >= 11 is 0. The van der Waals surface area contributed by atoms with Crippen LogP contribution in [0.15, 0.2) is 42.5 Å². The lowest BCUT2D eigenvalue weighted by Gasteiger charge is -2.12.